The van der Waals surface area contributed by atoms with Gasteiger partial charge in [0.1, 0.15) is 5.84 Å². The summed E-state index contributed by atoms with van der Waals surface area (Å²) in [5.74, 6) is 0.761. The first-order chi connectivity index (χ1) is 11.2. The third-order valence-electron chi connectivity index (χ3n) is 4.55. The average Bonchev–Trinajstić information content (AvgIpc) is 3.30. The molecule has 4 heteroatoms. The van der Waals surface area contributed by atoms with E-state index in [1.165, 1.54) is 11.1 Å². The number of hydrogen-bond acceptors (Lipinski definition) is 3. The van der Waals surface area contributed by atoms with Gasteiger partial charge in [0, 0.05) is 11.5 Å². The highest BCUT2D eigenvalue weighted by Crippen LogP contribution is 2.51. The Kier molecular flexibility index (Phi) is 3.02. The van der Waals surface area contributed by atoms with Gasteiger partial charge in [-0.3, -0.25) is 9.79 Å². The zero-order valence-electron chi connectivity index (χ0n) is 12.7. The van der Waals surface area contributed by atoms with E-state index in [4.69, 9.17) is 10.3 Å². The molecule has 1 aliphatic heterocycles. The largest absolute Gasteiger partial charge is 0.310 e. The summed E-state index contributed by atoms with van der Waals surface area (Å²) in [5.41, 5.74) is 3.82. The van der Waals surface area contributed by atoms with Gasteiger partial charge in [0.2, 0.25) is 5.91 Å². The number of rotatable bonds is 2. The molecule has 2 aromatic carbocycles. The van der Waals surface area contributed by atoms with Crippen LogP contribution in [0.3, 0.4) is 0 Å². The van der Waals surface area contributed by atoms with Crippen molar-refractivity contribution in [1.82, 2.24) is 5.32 Å². The summed E-state index contributed by atoms with van der Waals surface area (Å²) in [6, 6.07) is 17.5. The standard InChI is InChI=1S/C19H15N3O/c1-11-2-6-13(7-3-11)15-16-17(15)21-18(22-19(16)23)14-8-4-12(10-20)5-9-14/h2-9,15-17H,1H3,(H,21,22,23). The minimum Gasteiger partial charge on any atom is -0.310 e. The lowest BCUT2D eigenvalue weighted by atomic mass is 10.1. The molecule has 0 aromatic heterocycles. The topological polar surface area (TPSA) is 65.2 Å². The molecule has 1 heterocycles. The minimum absolute atomic E-state index is 0.0251. The number of aliphatic imine (C=N–C) groups is 1. The van der Waals surface area contributed by atoms with Crippen LogP contribution in [0.5, 0.6) is 0 Å². The molecule has 1 aliphatic carbocycles. The lowest BCUT2D eigenvalue weighted by Gasteiger charge is -2.12. The van der Waals surface area contributed by atoms with E-state index in [0.717, 1.165) is 5.56 Å². The van der Waals surface area contributed by atoms with Crippen LogP contribution in [0.1, 0.15) is 28.2 Å². The van der Waals surface area contributed by atoms with E-state index < -0.39 is 0 Å². The average molecular weight is 301 g/mol. The number of carbonyl (C=O) groups excluding carboxylic acids is 1. The molecule has 4 nitrogen and oxygen atoms in total. The Balaban J connectivity index is 1.62. The van der Waals surface area contributed by atoms with E-state index in [0.29, 0.717) is 11.4 Å². The Morgan fingerprint density at radius 2 is 1.74 bits per heavy atom. The summed E-state index contributed by atoms with van der Waals surface area (Å²) in [4.78, 5) is 17.1. The van der Waals surface area contributed by atoms with Gasteiger partial charge in [-0.25, -0.2) is 0 Å². The highest BCUT2D eigenvalue weighted by Gasteiger charge is 2.58. The Hall–Kier alpha value is -2.93. The van der Waals surface area contributed by atoms with Crippen LogP contribution < -0.4 is 5.32 Å². The number of carbonyl (C=O) groups is 1. The third-order valence-corrected chi connectivity index (χ3v) is 4.55. The van der Waals surface area contributed by atoms with Crippen molar-refractivity contribution in [3.63, 3.8) is 0 Å². The predicted molar refractivity (Wildman–Crippen MR) is 87.0 cm³/mol. The maximum Gasteiger partial charge on any atom is 0.231 e. The Bertz CT molecular complexity index is 844. The van der Waals surface area contributed by atoms with Crippen LogP contribution in [0.25, 0.3) is 0 Å². The van der Waals surface area contributed by atoms with Gasteiger partial charge in [0.05, 0.1) is 23.6 Å². The van der Waals surface area contributed by atoms with E-state index in [9.17, 15) is 4.79 Å². The van der Waals surface area contributed by atoms with Gasteiger partial charge in [-0.05, 0) is 36.8 Å². The summed E-state index contributed by atoms with van der Waals surface area (Å²) in [5, 5.41) is 11.8. The van der Waals surface area contributed by atoms with E-state index >= 15 is 0 Å². The second-order valence-electron chi connectivity index (χ2n) is 6.11. The summed E-state index contributed by atoms with van der Waals surface area (Å²) < 4.78 is 0. The highest BCUT2D eigenvalue weighted by molar-refractivity contribution is 6.11. The molecule has 0 radical (unpaired) electrons. The van der Waals surface area contributed by atoms with Crippen LogP contribution in [0.15, 0.2) is 53.5 Å². The molecule has 1 amide bonds. The summed E-state index contributed by atoms with van der Waals surface area (Å²) in [7, 11) is 0. The summed E-state index contributed by atoms with van der Waals surface area (Å²) >= 11 is 0. The van der Waals surface area contributed by atoms with Gasteiger partial charge >= 0.3 is 0 Å². The van der Waals surface area contributed by atoms with Crippen molar-refractivity contribution in [2.45, 2.75) is 18.9 Å². The second kappa shape index (κ2) is 5.06. The SMILES string of the molecule is Cc1ccc(C2C3N=C(c4ccc(C#N)cc4)NC(=O)C32)cc1. The molecule has 1 fully saturated rings. The molecule has 2 aromatic rings. The molecule has 1 N–H and O–H groups in total. The molecule has 0 spiro atoms. The first-order valence-electron chi connectivity index (χ1n) is 7.63. The van der Waals surface area contributed by atoms with Crippen LogP contribution >= 0.6 is 0 Å². The molecule has 2 aliphatic rings. The molecule has 0 bridgehead atoms. The fourth-order valence-electron chi connectivity index (χ4n) is 3.20. The minimum atomic E-state index is -0.0557. The van der Waals surface area contributed by atoms with Crippen LogP contribution in [-0.4, -0.2) is 17.8 Å². The second-order valence-corrected chi connectivity index (χ2v) is 6.11. The first-order valence-corrected chi connectivity index (χ1v) is 7.63. The predicted octanol–water partition coefficient (Wildman–Crippen LogP) is 2.53. The molecule has 4 rings (SSSR count). The highest BCUT2D eigenvalue weighted by atomic mass is 16.2. The van der Waals surface area contributed by atoms with Crippen molar-refractivity contribution in [2.24, 2.45) is 10.9 Å². The molecular weight excluding hydrogens is 286 g/mol. The number of amides is 1. The van der Waals surface area contributed by atoms with Crippen LogP contribution in [0, 0.1) is 24.2 Å². The Labute approximate surface area is 134 Å². The van der Waals surface area contributed by atoms with Gasteiger partial charge < -0.3 is 5.32 Å². The maximum absolute atomic E-state index is 12.3. The lowest BCUT2D eigenvalue weighted by Crippen LogP contribution is -2.36. The zero-order valence-corrected chi connectivity index (χ0v) is 12.7. The number of benzene rings is 2. The van der Waals surface area contributed by atoms with Gasteiger partial charge in [0.15, 0.2) is 0 Å². The fourth-order valence-corrected chi connectivity index (χ4v) is 3.20. The third kappa shape index (κ3) is 2.31. The van der Waals surface area contributed by atoms with Crippen molar-refractivity contribution in [3.8, 4) is 6.07 Å². The van der Waals surface area contributed by atoms with Crippen molar-refractivity contribution in [1.29, 1.82) is 5.26 Å². The van der Waals surface area contributed by atoms with Gasteiger partial charge in [-0.2, -0.15) is 5.26 Å². The monoisotopic (exact) mass is 301 g/mol. The Morgan fingerprint density at radius 1 is 1.04 bits per heavy atom. The summed E-state index contributed by atoms with van der Waals surface area (Å²) in [6.45, 7) is 2.05. The van der Waals surface area contributed by atoms with Crippen molar-refractivity contribution in [3.05, 3.63) is 70.8 Å². The smallest absolute Gasteiger partial charge is 0.231 e. The molecule has 112 valence electrons. The number of nitriles is 1. The molecular formula is C19H15N3O. The lowest BCUT2D eigenvalue weighted by molar-refractivity contribution is -0.121. The number of hydrogen-bond donors (Lipinski definition) is 1. The number of fused-ring (bicyclic) bond motifs is 1. The van der Waals surface area contributed by atoms with Crippen molar-refractivity contribution in [2.75, 3.05) is 0 Å². The van der Waals surface area contributed by atoms with E-state index in [2.05, 4.69) is 42.6 Å². The molecule has 23 heavy (non-hydrogen) atoms. The Morgan fingerprint density at radius 3 is 2.39 bits per heavy atom. The van der Waals surface area contributed by atoms with E-state index in [1.54, 1.807) is 12.1 Å². The molecule has 1 saturated carbocycles. The van der Waals surface area contributed by atoms with Crippen molar-refractivity contribution >= 4 is 11.7 Å². The summed E-state index contributed by atoms with van der Waals surface area (Å²) in [6.07, 6.45) is 0. The number of nitrogens with zero attached hydrogens (tertiary/aromatic N) is 2. The molecule has 3 unspecified atom stereocenters. The van der Waals surface area contributed by atoms with E-state index in [1.807, 2.05) is 12.1 Å². The normalized spacial score (nSPS) is 25.0. The van der Waals surface area contributed by atoms with E-state index in [-0.39, 0.29) is 23.8 Å². The van der Waals surface area contributed by atoms with Gasteiger partial charge in [-0.1, -0.05) is 29.8 Å². The first kappa shape index (κ1) is 13.7. The van der Waals surface area contributed by atoms with Crippen molar-refractivity contribution < 1.29 is 4.79 Å². The van der Waals surface area contributed by atoms with Crippen LogP contribution in [0.4, 0.5) is 0 Å². The number of nitrogens with one attached hydrogen (secondary N) is 1. The maximum atomic E-state index is 12.3. The zero-order chi connectivity index (χ0) is 16.0. The molecule has 0 saturated heterocycles. The fraction of sp³-hybridized carbons (Fsp3) is 0.211. The number of aryl methyl sites for hydroxylation is 1. The van der Waals surface area contributed by atoms with Gasteiger partial charge in [-0.15, -0.1) is 0 Å². The van der Waals surface area contributed by atoms with Crippen LogP contribution in [-0.2, 0) is 4.79 Å². The molecule has 3 atom stereocenters. The van der Waals surface area contributed by atoms with Gasteiger partial charge in [0.25, 0.3) is 0 Å². The quantitative estimate of drug-likeness (QED) is 0.926. The number of amidine groups is 1. The van der Waals surface area contributed by atoms with Crippen LogP contribution in [0.2, 0.25) is 0 Å².